The molecule has 0 aliphatic heterocycles. The number of carbonyl (C=O) groups is 2. The lowest BCUT2D eigenvalue weighted by molar-refractivity contribution is -0.385. The Morgan fingerprint density at radius 1 is 1.39 bits per heavy atom. The van der Waals surface area contributed by atoms with Crippen molar-refractivity contribution >= 4 is 17.6 Å². The van der Waals surface area contributed by atoms with Gasteiger partial charge in [0.1, 0.15) is 5.69 Å². The number of aromatic nitrogens is 2. The van der Waals surface area contributed by atoms with Crippen LogP contribution in [0.2, 0.25) is 0 Å². The Morgan fingerprint density at radius 2 is 2.00 bits per heavy atom. The van der Waals surface area contributed by atoms with E-state index in [0.717, 1.165) is 23.9 Å². The average molecular weight is 324 g/mol. The van der Waals surface area contributed by atoms with Crippen molar-refractivity contribution in [3.05, 3.63) is 21.5 Å². The predicted molar refractivity (Wildman–Crippen MR) is 80.1 cm³/mol. The summed E-state index contributed by atoms with van der Waals surface area (Å²) in [5.41, 5.74) is -1.36. The summed E-state index contributed by atoms with van der Waals surface area (Å²) in [7, 11) is 1.45. The largest absolute Gasteiger partial charge is 0.481 e. The third-order valence-corrected chi connectivity index (χ3v) is 4.44. The lowest BCUT2D eigenvalue weighted by Gasteiger charge is -2.33. The fourth-order valence-corrected chi connectivity index (χ4v) is 3.15. The molecule has 1 aliphatic carbocycles. The van der Waals surface area contributed by atoms with Gasteiger partial charge in [-0.2, -0.15) is 5.10 Å². The summed E-state index contributed by atoms with van der Waals surface area (Å²) in [4.78, 5) is 34.4. The summed E-state index contributed by atoms with van der Waals surface area (Å²) in [6.07, 6.45) is 3.57. The van der Waals surface area contributed by atoms with Crippen molar-refractivity contribution in [2.75, 3.05) is 6.54 Å². The minimum Gasteiger partial charge on any atom is -0.481 e. The van der Waals surface area contributed by atoms with Gasteiger partial charge in [-0.1, -0.05) is 19.3 Å². The molecule has 0 bridgehead atoms. The number of carboxylic acids is 1. The third kappa shape index (κ3) is 3.17. The Balaban J connectivity index is 2.19. The van der Waals surface area contributed by atoms with Gasteiger partial charge in [0.05, 0.1) is 10.3 Å². The fraction of sp³-hybridized carbons (Fsp3) is 0.643. The standard InChI is InChI=1S/C14H20N4O5/c1-9-10(18(22)23)11(17(2)16-9)12(19)15-8-14(13(20)21)6-4-3-5-7-14/h3-8H2,1-2H3,(H,15,19)(H,20,21). The maximum absolute atomic E-state index is 12.3. The smallest absolute Gasteiger partial charge is 0.322 e. The molecule has 1 aliphatic rings. The number of carbonyl (C=O) groups excluding carboxylic acids is 1. The molecule has 0 spiro atoms. The summed E-state index contributed by atoms with van der Waals surface area (Å²) in [6, 6.07) is 0. The molecule has 1 aromatic rings. The zero-order valence-electron chi connectivity index (χ0n) is 13.2. The highest BCUT2D eigenvalue weighted by molar-refractivity contribution is 5.97. The molecule has 1 aromatic heterocycles. The van der Waals surface area contributed by atoms with Crippen LogP contribution in [0.1, 0.15) is 48.3 Å². The Bertz CT molecular complexity index is 646. The van der Waals surface area contributed by atoms with Crippen LogP contribution in [-0.4, -0.2) is 38.2 Å². The molecular weight excluding hydrogens is 304 g/mol. The van der Waals surface area contributed by atoms with E-state index in [1.165, 1.54) is 14.0 Å². The van der Waals surface area contributed by atoms with E-state index in [-0.39, 0.29) is 23.6 Å². The topological polar surface area (TPSA) is 127 Å². The van der Waals surface area contributed by atoms with Crippen LogP contribution in [0.5, 0.6) is 0 Å². The number of nitro groups is 1. The van der Waals surface area contributed by atoms with Crippen molar-refractivity contribution in [3.8, 4) is 0 Å². The van der Waals surface area contributed by atoms with Gasteiger partial charge >= 0.3 is 11.7 Å². The predicted octanol–water partition coefficient (Wildman–Crippen LogP) is 1.40. The van der Waals surface area contributed by atoms with Crippen LogP contribution in [0.3, 0.4) is 0 Å². The number of hydrogen-bond donors (Lipinski definition) is 2. The van der Waals surface area contributed by atoms with Crippen molar-refractivity contribution in [1.29, 1.82) is 0 Å². The maximum Gasteiger partial charge on any atom is 0.322 e. The Labute approximate surface area is 132 Å². The quantitative estimate of drug-likeness (QED) is 0.622. The first-order valence-electron chi connectivity index (χ1n) is 7.48. The highest BCUT2D eigenvalue weighted by Gasteiger charge is 2.40. The van der Waals surface area contributed by atoms with E-state index in [1.807, 2.05) is 0 Å². The molecule has 0 radical (unpaired) electrons. The second kappa shape index (κ2) is 6.35. The van der Waals surface area contributed by atoms with E-state index in [1.54, 1.807) is 0 Å². The Kier molecular flexibility index (Phi) is 4.67. The van der Waals surface area contributed by atoms with Crippen molar-refractivity contribution in [3.63, 3.8) is 0 Å². The maximum atomic E-state index is 12.3. The number of nitrogens with one attached hydrogen (secondary N) is 1. The minimum atomic E-state index is -0.990. The number of aliphatic carboxylic acids is 1. The highest BCUT2D eigenvalue weighted by atomic mass is 16.6. The molecule has 1 amide bonds. The molecule has 1 fully saturated rings. The van der Waals surface area contributed by atoms with Gasteiger partial charge in [0.2, 0.25) is 5.69 Å². The van der Waals surface area contributed by atoms with Gasteiger partial charge < -0.3 is 10.4 Å². The molecule has 23 heavy (non-hydrogen) atoms. The number of aryl methyl sites for hydroxylation is 2. The van der Waals surface area contributed by atoms with Gasteiger partial charge in [-0.05, 0) is 19.8 Å². The van der Waals surface area contributed by atoms with Crippen LogP contribution in [0.4, 0.5) is 5.69 Å². The molecule has 126 valence electrons. The molecule has 1 saturated carbocycles. The number of rotatable bonds is 5. The highest BCUT2D eigenvalue weighted by Crippen LogP contribution is 2.36. The van der Waals surface area contributed by atoms with Gasteiger partial charge in [0.15, 0.2) is 0 Å². The lowest BCUT2D eigenvalue weighted by atomic mass is 9.74. The first kappa shape index (κ1) is 16.9. The fourth-order valence-electron chi connectivity index (χ4n) is 3.15. The number of hydrogen-bond acceptors (Lipinski definition) is 5. The van der Waals surface area contributed by atoms with Crippen molar-refractivity contribution in [2.45, 2.75) is 39.0 Å². The molecule has 2 rings (SSSR count). The minimum absolute atomic E-state index is 0.0391. The normalized spacial score (nSPS) is 16.8. The lowest BCUT2D eigenvalue weighted by Crippen LogP contribution is -2.44. The number of nitrogens with zero attached hydrogens (tertiary/aromatic N) is 3. The van der Waals surface area contributed by atoms with Crippen molar-refractivity contribution in [1.82, 2.24) is 15.1 Å². The molecule has 0 saturated heterocycles. The monoisotopic (exact) mass is 324 g/mol. The van der Waals surface area contributed by atoms with Crippen molar-refractivity contribution in [2.24, 2.45) is 12.5 Å². The summed E-state index contributed by atoms with van der Waals surface area (Å²) in [6.45, 7) is 1.41. The van der Waals surface area contributed by atoms with Gasteiger partial charge in [0.25, 0.3) is 5.91 Å². The summed E-state index contributed by atoms with van der Waals surface area (Å²) in [5.74, 6) is -1.61. The molecular formula is C14H20N4O5. The van der Waals surface area contributed by atoms with E-state index in [0.29, 0.717) is 12.8 Å². The van der Waals surface area contributed by atoms with Crippen LogP contribution in [0, 0.1) is 22.5 Å². The second-order valence-electron chi connectivity index (χ2n) is 5.99. The van der Waals surface area contributed by atoms with E-state index >= 15 is 0 Å². The van der Waals surface area contributed by atoms with Crippen LogP contribution in [0.25, 0.3) is 0 Å². The summed E-state index contributed by atoms with van der Waals surface area (Å²) in [5, 5.41) is 27.1. The van der Waals surface area contributed by atoms with Gasteiger partial charge in [-0.3, -0.25) is 24.4 Å². The van der Waals surface area contributed by atoms with Crippen LogP contribution >= 0.6 is 0 Å². The molecule has 0 atom stereocenters. The molecule has 9 heteroatoms. The summed E-state index contributed by atoms with van der Waals surface area (Å²) >= 11 is 0. The SMILES string of the molecule is Cc1nn(C)c(C(=O)NCC2(C(=O)O)CCCCC2)c1[N+](=O)[O-]. The van der Waals surface area contributed by atoms with Crippen LogP contribution in [0.15, 0.2) is 0 Å². The number of carboxylic acid groups (broad SMARTS) is 1. The molecule has 2 N–H and O–H groups in total. The van der Waals surface area contributed by atoms with Crippen molar-refractivity contribution < 1.29 is 19.6 Å². The van der Waals surface area contributed by atoms with Gasteiger partial charge in [-0.25, -0.2) is 0 Å². The van der Waals surface area contributed by atoms with E-state index in [2.05, 4.69) is 10.4 Å². The molecule has 0 unspecified atom stereocenters. The molecule has 0 aromatic carbocycles. The zero-order valence-corrected chi connectivity index (χ0v) is 13.2. The van der Waals surface area contributed by atoms with Gasteiger partial charge in [-0.15, -0.1) is 0 Å². The second-order valence-corrected chi connectivity index (χ2v) is 5.99. The van der Waals surface area contributed by atoms with Crippen LogP contribution in [-0.2, 0) is 11.8 Å². The summed E-state index contributed by atoms with van der Waals surface area (Å²) < 4.78 is 1.15. The van der Waals surface area contributed by atoms with E-state index < -0.39 is 22.2 Å². The Morgan fingerprint density at radius 3 is 2.52 bits per heavy atom. The first-order chi connectivity index (χ1) is 10.8. The van der Waals surface area contributed by atoms with E-state index in [4.69, 9.17) is 0 Å². The first-order valence-corrected chi connectivity index (χ1v) is 7.48. The zero-order chi connectivity index (χ0) is 17.2. The Hall–Kier alpha value is -2.45. The molecule has 1 heterocycles. The van der Waals surface area contributed by atoms with E-state index in [9.17, 15) is 24.8 Å². The molecule has 9 nitrogen and oxygen atoms in total. The average Bonchev–Trinajstić information content (AvgIpc) is 2.80. The third-order valence-electron chi connectivity index (χ3n) is 4.44. The van der Waals surface area contributed by atoms with Crippen LogP contribution < -0.4 is 5.32 Å². The number of amides is 1. The van der Waals surface area contributed by atoms with Gasteiger partial charge in [0, 0.05) is 13.6 Å².